The summed E-state index contributed by atoms with van der Waals surface area (Å²) in [6.45, 7) is 4.45. The van der Waals surface area contributed by atoms with Crippen LogP contribution < -0.4 is 5.32 Å². The van der Waals surface area contributed by atoms with Crippen LogP contribution in [0.4, 0.5) is 5.69 Å². The maximum absolute atomic E-state index is 12.2. The monoisotopic (exact) mass is 323 g/mol. The van der Waals surface area contributed by atoms with Crippen LogP contribution in [0.1, 0.15) is 51.5 Å². The number of para-hydroxylation sites is 1. The van der Waals surface area contributed by atoms with Crippen LogP contribution in [0, 0.1) is 5.92 Å². The van der Waals surface area contributed by atoms with Crippen LogP contribution in [0.3, 0.4) is 0 Å². The third-order valence-corrected chi connectivity index (χ3v) is 4.70. The Morgan fingerprint density at radius 1 is 1.36 bits per heavy atom. The summed E-state index contributed by atoms with van der Waals surface area (Å²) >= 11 is 6.24. The summed E-state index contributed by atoms with van der Waals surface area (Å²) in [5.41, 5.74) is 1.95. The molecule has 1 saturated carbocycles. The van der Waals surface area contributed by atoms with Gasteiger partial charge in [0.25, 0.3) is 0 Å². The molecule has 1 aliphatic rings. The van der Waals surface area contributed by atoms with E-state index in [1.165, 1.54) is 32.1 Å². The van der Waals surface area contributed by atoms with E-state index in [1.54, 1.807) is 0 Å². The number of benzene rings is 1. The van der Waals surface area contributed by atoms with Gasteiger partial charge in [-0.1, -0.05) is 49.9 Å². The van der Waals surface area contributed by atoms with Crippen LogP contribution >= 0.6 is 11.6 Å². The number of hydrogen-bond acceptors (Lipinski definition) is 3. The zero-order valence-corrected chi connectivity index (χ0v) is 14.3. The molecular weight excluding hydrogens is 298 g/mol. The smallest absolute Gasteiger partial charge is 0.328 e. The van der Waals surface area contributed by atoms with Crippen LogP contribution in [0.25, 0.3) is 0 Å². The van der Waals surface area contributed by atoms with Crippen molar-refractivity contribution in [3.8, 4) is 0 Å². The van der Waals surface area contributed by atoms with Crippen LogP contribution in [-0.4, -0.2) is 18.6 Å². The van der Waals surface area contributed by atoms with E-state index in [4.69, 9.17) is 16.3 Å². The van der Waals surface area contributed by atoms with E-state index in [2.05, 4.69) is 12.2 Å². The van der Waals surface area contributed by atoms with Crippen molar-refractivity contribution in [3.05, 3.63) is 28.8 Å². The second-order valence-corrected chi connectivity index (χ2v) is 6.53. The van der Waals surface area contributed by atoms with Crippen LogP contribution in [0.15, 0.2) is 18.2 Å². The summed E-state index contributed by atoms with van der Waals surface area (Å²) < 4.78 is 5.48. The Hall–Kier alpha value is -1.22. The average Bonchev–Trinajstić information content (AvgIpc) is 2.55. The van der Waals surface area contributed by atoms with E-state index >= 15 is 0 Å². The molecule has 1 N–H and O–H groups in total. The lowest BCUT2D eigenvalue weighted by Crippen LogP contribution is -2.30. The highest BCUT2D eigenvalue weighted by atomic mass is 35.5. The fourth-order valence-electron chi connectivity index (χ4n) is 2.98. The molecular formula is C18H26ClNO2. The van der Waals surface area contributed by atoms with E-state index < -0.39 is 6.04 Å². The SMILES string of the molecule is CCc1cccc(Cl)c1NC(C)C(=O)OCC1CCCCC1. The number of nitrogens with one attached hydrogen (secondary N) is 1. The molecule has 1 aromatic rings. The maximum Gasteiger partial charge on any atom is 0.328 e. The molecule has 0 spiro atoms. The van der Waals surface area contributed by atoms with Gasteiger partial charge in [-0.2, -0.15) is 0 Å². The predicted octanol–water partition coefficient (Wildman–Crippen LogP) is 4.83. The van der Waals surface area contributed by atoms with Gasteiger partial charge in [0, 0.05) is 0 Å². The number of hydrogen-bond donors (Lipinski definition) is 1. The first kappa shape index (κ1) is 17.1. The lowest BCUT2D eigenvalue weighted by molar-refractivity contribution is -0.145. The molecule has 122 valence electrons. The number of rotatable bonds is 6. The fourth-order valence-corrected chi connectivity index (χ4v) is 3.23. The van der Waals surface area contributed by atoms with Crippen molar-refractivity contribution < 1.29 is 9.53 Å². The van der Waals surface area contributed by atoms with Gasteiger partial charge in [0.2, 0.25) is 0 Å². The second kappa shape index (κ2) is 8.42. The van der Waals surface area contributed by atoms with Gasteiger partial charge in [-0.3, -0.25) is 0 Å². The minimum absolute atomic E-state index is 0.201. The van der Waals surface area contributed by atoms with Gasteiger partial charge in [-0.25, -0.2) is 4.79 Å². The number of esters is 1. The van der Waals surface area contributed by atoms with Crippen molar-refractivity contribution in [2.24, 2.45) is 5.92 Å². The molecule has 0 aromatic heterocycles. The molecule has 2 rings (SSSR count). The molecule has 22 heavy (non-hydrogen) atoms. The van der Waals surface area contributed by atoms with E-state index in [0.29, 0.717) is 17.5 Å². The van der Waals surface area contributed by atoms with E-state index in [9.17, 15) is 4.79 Å². The third-order valence-electron chi connectivity index (χ3n) is 4.38. The van der Waals surface area contributed by atoms with Crippen molar-refractivity contribution in [1.29, 1.82) is 0 Å². The van der Waals surface area contributed by atoms with Crippen molar-refractivity contribution >= 4 is 23.3 Å². The average molecular weight is 324 g/mol. The lowest BCUT2D eigenvalue weighted by atomic mass is 9.90. The zero-order valence-electron chi connectivity index (χ0n) is 13.5. The zero-order chi connectivity index (χ0) is 15.9. The number of ether oxygens (including phenoxy) is 1. The molecule has 1 fully saturated rings. The molecule has 0 bridgehead atoms. The summed E-state index contributed by atoms with van der Waals surface area (Å²) in [6, 6.07) is 5.39. The molecule has 1 aliphatic carbocycles. The Balaban J connectivity index is 1.88. The molecule has 0 radical (unpaired) electrons. The number of anilines is 1. The summed E-state index contributed by atoms with van der Waals surface area (Å²) in [5, 5.41) is 3.86. The highest BCUT2D eigenvalue weighted by Crippen LogP contribution is 2.27. The van der Waals surface area contributed by atoms with Gasteiger partial charge in [-0.15, -0.1) is 0 Å². The fraction of sp³-hybridized carbons (Fsp3) is 0.611. The first-order chi connectivity index (χ1) is 10.6. The van der Waals surface area contributed by atoms with Gasteiger partial charge in [0.1, 0.15) is 6.04 Å². The van der Waals surface area contributed by atoms with Crippen molar-refractivity contribution in [2.45, 2.75) is 58.4 Å². The summed E-state index contributed by atoms with van der Waals surface area (Å²) in [6.07, 6.45) is 7.06. The molecule has 4 heteroatoms. The lowest BCUT2D eigenvalue weighted by Gasteiger charge is -2.23. The molecule has 0 saturated heterocycles. The first-order valence-electron chi connectivity index (χ1n) is 8.32. The Bertz CT molecular complexity index is 498. The van der Waals surface area contributed by atoms with Gasteiger partial charge < -0.3 is 10.1 Å². The molecule has 1 unspecified atom stereocenters. The van der Waals surface area contributed by atoms with Crippen LogP contribution in [-0.2, 0) is 16.0 Å². The van der Waals surface area contributed by atoms with E-state index in [-0.39, 0.29) is 5.97 Å². The van der Waals surface area contributed by atoms with E-state index in [0.717, 1.165) is 17.7 Å². The first-order valence-corrected chi connectivity index (χ1v) is 8.70. The minimum Gasteiger partial charge on any atom is -0.464 e. The quantitative estimate of drug-likeness (QED) is 0.762. The van der Waals surface area contributed by atoms with Gasteiger partial charge in [-0.05, 0) is 43.7 Å². The normalized spacial score (nSPS) is 17.0. The molecule has 1 atom stereocenters. The highest BCUT2D eigenvalue weighted by Gasteiger charge is 2.20. The minimum atomic E-state index is -0.395. The third kappa shape index (κ3) is 4.64. The second-order valence-electron chi connectivity index (χ2n) is 6.13. The Morgan fingerprint density at radius 2 is 2.09 bits per heavy atom. The molecule has 0 aliphatic heterocycles. The van der Waals surface area contributed by atoms with Crippen molar-refractivity contribution in [3.63, 3.8) is 0 Å². The van der Waals surface area contributed by atoms with Gasteiger partial charge in [0.05, 0.1) is 17.3 Å². The van der Waals surface area contributed by atoms with Crippen molar-refractivity contribution in [1.82, 2.24) is 0 Å². The largest absolute Gasteiger partial charge is 0.464 e. The standard InChI is InChI=1S/C18H26ClNO2/c1-3-15-10-7-11-16(19)17(15)20-13(2)18(21)22-12-14-8-5-4-6-9-14/h7,10-11,13-14,20H,3-6,8-9,12H2,1-2H3. The molecule has 0 heterocycles. The highest BCUT2D eigenvalue weighted by molar-refractivity contribution is 6.33. The Kier molecular flexibility index (Phi) is 6.56. The summed E-state index contributed by atoms with van der Waals surface area (Å²) in [7, 11) is 0. The molecule has 1 aromatic carbocycles. The summed E-state index contributed by atoms with van der Waals surface area (Å²) in [4.78, 5) is 12.2. The topological polar surface area (TPSA) is 38.3 Å². The molecule has 0 amide bonds. The number of carbonyl (C=O) groups is 1. The van der Waals surface area contributed by atoms with Crippen LogP contribution in [0.2, 0.25) is 5.02 Å². The van der Waals surface area contributed by atoms with Crippen LogP contribution in [0.5, 0.6) is 0 Å². The number of aryl methyl sites for hydroxylation is 1. The summed E-state index contributed by atoms with van der Waals surface area (Å²) in [5.74, 6) is 0.337. The molecule has 3 nitrogen and oxygen atoms in total. The van der Waals surface area contributed by atoms with Crippen molar-refractivity contribution in [2.75, 3.05) is 11.9 Å². The maximum atomic E-state index is 12.2. The van der Waals surface area contributed by atoms with Gasteiger partial charge in [0.15, 0.2) is 0 Å². The predicted molar refractivity (Wildman–Crippen MR) is 91.4 cm³/mol. The van der Waals surface area contributed by atoms with E-state index in [1.807, 2.05) is 25.1 Å². The number of halogens is 1. The number of carbonyl (C=O) groups excluding carboxylic acids is 1. The Labute approximate surface area is 138 Å². The van der Waals surface area contributed by atoms with Gasteiger partial charge >= 0.3 is 5.97 Å². The Morgan fingerprint density at radius 3 is 2.77 bits per heavy atom.